The van der Waals surface area contributed by atoms with Crippen LogP contribution < -0.4 is 5.73 Å². The third-order valence-electron chi connectivity index (χ3n) is 3.09. The molecule has 0 bridgehead atoms. The Morgan fingerprint density at radius 2 is 2.22 bits per heavy atom. The zero-order chi connectivity index (χ0) is 13.1. The van der Waals surface area contributed by atoms with Crippen molar-refractivity contribution in [1.29, 1.82) is 0 Å². The quantitative estimate of drug-likeness (QED) is 0.813. The molecule has 1 heterocycles. The van der Waals surface area contributed by atoms with Gasteiger partial charge in [0.1, 0.15) is 6.04 Å². The maximum atomic E-state index is 11.7. The molecule has 0 saturated heterocycles. The van der Waals surface area contributed by atoms with Gasteiger partial charge < -0.3 is 15.5 Å². The Balaban J connectivity index is 2.43. The van der Waals surface area contributed by atoms with Gasteiger partial charge in [-0.2, -0.15) is 0 Å². The van der Waals surface area contributed by atoms with Crippen molar-refractivity contribution in [1.82, 2.24) is 4.98 Å². The lowest BCUT2D eigenvalue weighted by atomic mass is 10.0. The summed E-state index contributed by atoms with van der Waals surface area (Å²) in [7, 11) is 0. The summed E-state index contributed by atoms with van der Waals surface area (Å²) in [5.74, 6) is -0.389. The first-order valence-corrected chi connectivity index (χ1v) is 6.20. The molecule has 0 aliphatic carbocycles. The van der Waals surface area contributed by atoms with Crippen LogP contribution in [-0.4, -0.2) is 17.6 Å². The highest BCUT2D eigenvalue weighted by Crippen LogP contribution is 2.26. The number of H-pyrrole nitrogens is 1. The van der Waals surface area contributed by atoms with Crippen LogP contribution in [-0.2, 0) is 16.0 Å². The Labute approximate surface area is 106 Å². The molecule has 0 saturated carbocycles. The lowest BCUT2D eigenvalue weighted by Crippen LogP contribution is -2.23. The van der Waals surface area contributed by atoms with Crippen molar-refractivity contribution in [3.63, 3.8) is 0 Å². The molecular formula is C14H18N2O2. The topological polar surface area (TPSA) is 68.1 Å². The van der Waals surface area contributed by atoms with E-state index in [1.165, 1.54) is 5.56 Å². The molecule has 4 heteroatoms. The minimum absolute atomic E-state index is 0.342. The lowest BCUT2D eigenvalue weighted by molar-refractivity contribution is -0.144. The largest absolute Gasteiger partial charge is 0.465 e. The summed E-state index contributed by atoms with van der Waals surface area (Å²) in [6.07, 6.45) is 2.73. The smallest absolute Gasteiger partial charge is 0.327 e. The van der Waals surface area contributed by atoms with E-state index < -0.39 is 6.04 Å². The molecule has 0 amide bonds. The van der Waals surface area contributed by atoms with Crippen molar-refractivity contribution in [2.24, 2.45) is 5.73 Å². The first-order chi connectivity index (χ1) is 8.69. The first kappa shape index (κ1) is 12.6. The second-order valence-corrected chi connectivity index (χ2v) is 4.17. The van der Waals surface area contributed by atoms with E-state index in [1.807, 2.05) is 12.1 Å². The van der Waals surface area contributed by atoms with Crippen molar-refractivity contribution >= 4 is 16.9 Å². The molecular weight excluding hydrogens is 228 g/mol. The Hall–Kier alpha value is -1.81. The van der Waals surface area contributed by atoms with Crippen molar-refractivity contribution in [3.05, 3.63) is 35.5 Å². The van der Waals surface area contributed by atoms with E-state index in [1.54, 1.807) is 13.1 Å². The number of aryl methyl sites for hydroxylation is 1. The van der Waals surface area contributed by atoms with Crippen LogP contribution in [0.4, 0.5) is 0 Å². The van der Waals surface area contributed by atoms with Gasteiger partial charge in [-0.3, -0.25) is 0 Å². The summed E-state index contributed by atoms with van der Waals surface area (Å²) in [5.41, 5.74) is 8.99. The maximum absolute atomic E-state index is 11.7. The second-order valence-electron chi connectivity index (χ2n) is 4.17. The molecule has 2 rings (SSSR count). The van der Waals surface area contributed by atoms with Gasteiger partial charge in [0, 0.05) is 22.7 Å². The van der Waals surface area contributed by atoms with Crippen LogP contribution in [0.5, 0.6) is 0 Å². The number of carbonyl (C=O) groups excluding carboxylic acids is 1. The number of aromatic nitrogens is 1. The number of carbonyl (C=O) groups is 1. The van der Waals surface area contributed by atoms with Gasteiger partial charge in [-0.15, -0.1) is 0 Å². The highest BCUT2D eigenvalue weighted by atomic mass is 16.5. The van der Waals surface area contributed by atoms with Crippen molar-refractivity contribution in [3.8, 4) is 0 Å². The van der Waals surface area contributed by atoms with Gasteiger partial charge in [0.15, 0.2) is 0 Å². The third kappa shape index (κ3) is 2.11. The predicted molar refractivity (Wildman–Crippen MR) is 71.2 cm³/mol. The average molecular weight is 246 g/mol. The first-order valence-electron chi connectivity index (χ1n) is 6.20. The van der Waals surface area contributed by atoms with Gasteiger partial charge in [-0.05, 0) is 18.9 Å². The summed E-state index contributed by atoms with van der Waals surface area (Å²) in [6.45, 7) is 4.21. The molecule has 0 fully saturated rings. The Kier molecular flexibility index (Phi) is 3.67. The van der Waals surface area contributed by atoms with Gasteiger partial charge in [0.2, 0.25) is 0 Å². The van der Waals surface area contributed by atoms with Crippen LogP contribution in [0.25, 0.3) is 10.9 Å². The van der Waals surface area contributed by atoms with E-state index in [0.29, 0.717) is 6.61 Å². The molecule has 1 aromatic carbocycles. The number of hydrogen-bond donors (Lipinski definition) is 2. The maximum Gasteiger partial charge on any atom is 0.327 e. The number of ether oxygens (including phenoxy) is 1. The third-order valence-corrected chi connectivity index (χ3v) is 3.09. The summed E-state index contributed by atoms with van der Waals surface area (Å²) < 4.78 is 4.96. The van der Waals surface area contributed by atoms with Crippen LogP contribution >= 0.6 is 0 Å². The van der Waals surface area contributed by atoms with E-state index in [9.17, 15) is 4.79 Å². The number of hydrogen-bond acceptors (Lipinski definition) is 3. The molecule has 0 aliphatic heterocycles. The number of para-hydroxylation sites is 1. The fourth-order valence-electron chi connectivity index (χ4n) is 2.15. The lowest BCUT2D eigenvalue weighted by Gasteiger charge is -2.09. The molecule has 1 aromatic heterocycles. The number of aromatic amines is 1. The number of nitrogens with one attached hydrogen (secondary N) is 1. The Morgan fingerprint density at radius 1 is 1.44 bits per heavy atom. The number of esters is 1. The number of nitrogens with two attached hydrogens (primary N) is 1. The van der Waals surface area contributed by atoms with Crippen molar-refractivity contribution in [2.45, 2.75) is 26.3 Å². The molecule has 2 aromatic rings. The second kappa shape index (κ2) is 5.23. The van der Waals surface area contributed by atoms with Crippen LogP contribution in [0.3, 0.4) is 0 Å². The van der Waals surface area contributed by atoms with Crippen LogP contribution in [0.15, 0.2) is 24.4 Å². The molecule has 0 spiro atoms. The van der Waals surface area contributed by atoms with Crippen LogP contribution in [0.2, 0.25) is 0 Å². The van der Waals surface area contributed by atoms with E-state index >= 15 is 0 Å². The number of fused-ring (bicyclic) bond motifs is 1. The van der Waals surface area contributed by atoms with Gasteiger partial charge >= 0.3 is 5.97 Å². The van der Waals surface area contributed by atoms with Crippen LogP contribution in [0.1, 0.15) is 31.0 Å². The molecule has 0 aliphatic rings. The molecule has 96 valence electrons. The van der Waals surface area contributed by atoms with Crippen molar-refractivity contribution < 1.29 is 9.53 Å². The highest BCUT2D eigenvalue weighted by Gasteiger charge is 2.20. The number of rotatable bonds is 4. The fraction of sp³-hybridized carbons (Fsp3) is 0.357. The Bertz CT molecular complexity index is 560. The van der Waals surface area contributed by atoms with Crippen molar-refractivity contribution in [2.75, 3.05) is 6.61 Å². The molecule has 0 radical (unpaired) electrons. The molecule has 4 nitrogen and oxygen atoms in total. The molecule has 18 heavy (non-hydrogen) atoms. The molecule has 3 N–H and O–H groups in total. The standard InChI is InChI=1S/C14H18N2O2/c1-3-9-6-5-7-10-11(8-16-13(9)10)12(15)14(17)18-4-2/h5-8,12,16H,3-4,15H2,1-2H3. The van der Waals surface area contributed by atoms with E-state index in [-0.39, 0.29) is 5.97 Å². The normalized spacial score (nSPS) is 12.6. The highest BCUT2D eigenvalue weighted by molar-refractivity contribution is 5.91. The van der Waals surface area contributed by atoms with E-state index in [0.717, 1.165) is 22.9 Å². The van der Waals surface area contributed by atoms with Gasteiger partial charge in [-0.25, -0.2) is 4.79 Å². The zero-order valence-corrected chi connectivity index (χ0v) is 10.7. The fourth-order valence-corrected chi connectivity index (χ4v) is 2.15. The summed E-state index contributed by atoms with van der Waals surface area (Å²) in [5, 5.41) is 0.995. The zero-order valence-electron chi connectivity index (χ0n) is 10.7. The summed E-state index contributed by atoms with van der Waals surface area (Å²) >= 11 is 0. The molecule has 1 unspecified atom stereocenters. The summed E-state index contributed by atoms with van der Waals surface area (Å²) in [6, 6.07) is 5.29. The van der Waals surface area contributed by atoms with E-state index in [4.69, 9.17) is 10.5 Å². The van der Waals surface area contributed by atoms with E-state index in [2.05, 4.69) is 18.0 Å². The molecule has 1 atom stereocenters. The SMILES string of the molecule is CCOC(=O)C(N)c1c[nH]c2c(CC)cccc12. The number of benzene rings is 1. The minimum Gasteiger partial charge on any atom is -0.465 e. The van der Waals surface area contributed by atoms with Gasteiger partial charge in [0.25, 0.3) is 0 Å². The summed E-state index contributed by atoms with van der Waals surface area (Å²) in [4.78, 5) is 14.9. The Morgan fingerprint density at radius 3 is 2.89 bits per heavy atom. The van der Waals surface area contributed by atoms with Gasteiger partial charge in [-0.1, -0.05) is 25.1 Å². The predicted octanol–water partition coefficient (Wildman–Crippen LogP) is 2.29. The minimum atomic E-state index is -0.731. The van der Waals surface area contributed by atoms with Crippen LogP contribution in [0, 0.1) is 0 Å². The van der Waals surface area contributed by atoms with Gasteiger partial charge in [0.05, 0.1) is 6.61 Å². The monoisotopic (exact) mass is 246 g/mol. The average Bonchev–Trinajstić information content (AvgIpc) is 2.81.